The molecule has 1 aromatic rings. The van der Waals surface area contributed by atoms with Crippen molar-refractivity contribution in [1.29, 1.82) is 0 Å². The summed E-state index contributed by atoms with van der Waals surface area (Å²) >= 11 is 4.65. The van der Waals surface area contributed by atoms with E-state index in [1.54, 1.807) is 11.1 Å². The largest absolute Gasteiger partial charge is 0.465 e. The Hall–Kier alpha value is -0.610. The molecule has 0 aliphatic heterocycles. The van der Waals surface area contributed by atoms with Gasteiger partial charge in [-0.2, -0.15) is 0 Å². The summed E-state index contributed by atoms with van der Waals surface area (Å²) in [6.07, 6.45) is 1.82. The van der Waals surface area contributed by atoms with Gasteiger partial charge in [-0.3, -0.25) is 0 Å². The third kappa shape index (κ3) is 1.95. The second-order valence-corrected chi connectivity index (χ2v) is 3.46. The number of rotatable bonds is 2. The minimum atomic E-state index is -0.295. The van der Waals surface area contributed by atoms with Gasteiger partial charge in [0.15, 0.2) is 0 Å². The molecule has 0 N–H and O–H groups in total. The fourth-order valence-electron chi connectivity index (χ4n) is 0.786. The molecule has 0 radical (unpaired) electrons. The molecule has 0 fully saturated rings. The van der Waals surface area contributed by atoms with Crippen molar-refractivity contribution in [2.24, 2.45) is 0 Å². The minimum absolute atomic E-state index is 0.295. The van der Waals surface area contributed by atoms with Crippen molar-refractivity contribution in [2.45, 2.75) is 0 Å². The molecule has 0 spiro atoms. The van der Waals surface area contributed by atoms with Crippen LogP contribution in [0.25, 0.3) is 6.08 Å². The van der Waals surface area contributed by atoms with E-state index >= 15 is 0 Å². The summed E-state index contributed by atoms with van der Waals surface area (Å²) in [7, 11) is 1.38. The quantitative estimate of drug-likeness (QED) is 0.751. The van der Waals surface area contributed by atoms with Gasteiger partial charge in [0, 0.05) is 4.88 Å². The summed E-state index contributed by atoms with van der Waals surface area (Å²) in [5.74, 6) is -0.295. The first-order chi connectivity index (χ1) is 5.79. The molecule has 0 atom stereocenters. The zero-order valence-electron chi connectivity index (χ0n) is 6.41. The Morgan fingerprint density at radius 1 is 1.75 bits per heavy atom. The lowest BCUT2D eigenvalue weighted by Gasteiger charge is -1.95. The average Bonchev–Trinajstić information content (AvgIpc) is 2.52. The summed E-state index contributed by atoms with van der Waals surface area (Å²) in [6.45, 7) is 0. The molecule has 1 heterocycles. The topological polar surface area (TPSA) is 26.3 Å². The highest BCUT2D eigenvalue weighted by atomic mass is 79.9. The van der Waals surface area contributed by atoms with E-state index in [9.17, 15) is 4.79 Å². The Bertz CT molecular complexity index is 304. The molecule has 0 bridgehead atoms. The van der Waals surface area contributed by atoms with Crippen LogP contribution in [-0.2, 0) is 4.74 Å². The maximum atomic E-state index is 11.1. The molecule has 0 aliphatic rings. The molecule has 0 aromatic carbocycles. The van der Waals surface area contributed by atoms with E-state index in [4.69, 9.17) is 0 Å². The minimum Gasteiger partial charge on any atom is -0.465 e. The van der Waals surface area contributed by atoms with Gasteiger partial charge in [-0.1, -0.05) is 15.9 Å². The molecule has 2 nitrogen and oxygen atoms in total. The van der Waals surface area contributed by atoms with E-state index in [1.165, 1.54) is 18.4 Å². The number of methoxy groups -OCH3 is 1. The number of carbonyl (C=O) groups excluding carboxylic acids is 1. The van der Waals surface area contributed by atoms with Gasteiger partial charge in [-0.05, 0) is 22.5 Å². The molecule has 12 heavy (non-hydrogen) atoms. The number of hydrogen-bond acceptors (Lipinski definition) is 3. The second kappa shape index (κ2) is 4.42. The first kappa shape index (κ1) is 9.48. The fraction of sp³-hybridized carbons (Fsp3) is 0.125. The summed E-state index contributed by atoms with van der Waals surface area (Å²) < 4.78 is 4.60. The zero-order valence-corrected chi connectivity index (χ0v) is 8.81. The molecular weight excluding hydrogens is 240 g/mol. The van der Waals surface area contributed by atoms with Crippen LogP contribution in [-0.4, -0.2) is 13.1 Å². The van der Waals surface area contributed by atoms with E-state index in [1.807, 2.05) is 11.5 Å². The average molecular weight is 247 g/mol. The van der Waals surface area contributed by atoms with Crippen LogP contribution >= 0.6 is 27.3 Å². The normalized spacial score (nSPS) is 10.5. The van der Waals surface area contributed by atoms with Crippen molar-refractivity contribution in [2.75, 3.05) is 7.11 Å². The van der Waals surface area contributed by atoms with Crippen molar-refractivity contribution in [3.63, 3.8) is 0 Å². The molecule has 0 amide bonds. The third-order valence-corrected chi connectivity index (χ3v) is 2.46. The maximum absolute atomic E-state index is 11.1. The summed E-state index contributed by atoms with van der Waals surface area (Å²) in [6, 6.07) is 1.75. The van der Waals surface area contributed by atoms with E-state index in [0.29, 0.717) is 5.56 Å². The van der Waals surface area contributed by atoms with Crippen molar-refractivity contribution in [1.82, 2.24) is 0 Å². The molecular formula is C8H7BrO2S. The van der Waals surface area contributed by atoms with E-state index in [0.717, 1.165) is 4.88 Å². The highest BCUT2D eigenvalue weighted by molar-refractivity contribution is 9.11. The highest BCUT2D eigenvalue weighted by Crippen LogP contribution is 2.19. The first-order valence-electron chi connectivity index (χ1n) is 3.22. The monoisotopic (exact) mass is 246 g/mol. The molecule has 0 aliphatic carbocycles. The maximum Gasteiger partial charge on any atom is 0.339 e. The van der Waals surface area contributed by atoms with Crippen molar-refractivity contribution in [3.8, 4) is 0 Å². The van der Waals surface area contributed by atoms with Crippen LogP contribution in [0, 0.1) is 0 Å². The van der Waals surface area contributed by atoms with Crippen LogP contribution in [0.2, 0.25) is 0 Å². The Morgan fingerprint density at radius 2 is 2.50 bits per heavy atom. The summed E-state index contributed by atoms with van der Waals surface area (Å²) in [5, 5.41) is 1.86. The fourth-order valence-corrected chi connectivity index (χ4v) is 2.00. The smallest absolute Gasteiger partial charge is 0.339 e. The lowest BCUT2D eigenvalue weighted by atomic mass is 10.2. The van der Waals surface area contributed by atoms with Crippen LogP contribution in [0.4, 0.5) is 0 Å². The Balaban J connectivity index is 2.98. The van der Waals surface area contributed by atoms with Crippen LogP contribution in [0.15, 0.2) is 16.4 Å². The second-order valence-electron chi connectivity index (χ2n) is 1.98. The predicted octanol–water partition coefficient (Wildman–Crippen LogP) is 2.90. The van der Waals surface area contributed by atoms with Gasteiger partial charge >= 0.3 is 5.97 Å². The van der Waals surface area contributed by atoms with Gasteiger partial charge in [-0.15, -0.1) is 11.3 Å². The third-order valence-electron chi connectivity index (χ3n) is 1.31. The molecule has 0 saturated carbocycles. The molecule has 0 saturated heterocycles. The SMILES string of the molecule is COC(=O)c1ccsc1/C=C/Br. The van der Waals surface area contributed by atoms with Gasteiger partial charge in [0.25, 0.3) is 0 Å². The van der Waals surface area contributed by atoms with Gasteiger partial charge in [0.05, 0.1) is 12.7 Å². The van der Waals surface area contributed by atoms with E-state index in [2.05, 4.69) is 20.7 Å². The lowest BCUT2D eigenvalue weighted by Crippen LogP contribution is -2.00. The number of thiophene rings is 1. The first-order valence-corrected chi connectivity index (χ1v) is 5.01. The summed E-state index contributed by atoms with van der Waals surface area (Å²) in [5.41, 5.74) is 0.609. The number of carbonyl (C=O) groups is 1. The Morgan fingerprint density at radius 3 is 3.08 bits per heavy atom. The number of esters is 1. The Kier molecular flexibility index (Phi) is 3.49. The van der Waals surface area contributed by atoms with Crippen LogP contribution in [0.1, 0.15) is 15.2 Å². The molecule has 4 heteroatoms. The Labute approximate surface area is 83.0 Å². The standard InChI is InChI=1S/C8H7BrO2S/c1-11-8(10)6-3-5-12-7(6)2-4-9/h2-5H,1H3/b4-2+. The lowest BCUT2D eigenvalue weighted by molar-refractivity contribution is 0.0601. The van der Waals surface area contributed by atoms with Crippen LogP contribution in [0.3, 0.4) is 0 Å². The van der Waals surface area contributed by atoms with Crippen molar-refractivity contribution >= 4 is 39.3 Å². The van der Waals surface area contributed by atoms with E-state index < -0.39 is 0 Å². The van der Waals surface area contributed by atoms with Gasteiger partial charge in [0.1, 0.15) is 0 Å². The van der Waals surface area contributed by atoms with Gasteiger partial charge < -0.3 is 4.74 Å². The van der Waals surface area contributed by atoms with Gasteiger partial charge in [0.2, 0.25) is 0 Å². The van der Waals surface area contributed by atoms with Crippen LogP contribution in [0.5, 0.6) is 0 Å². The van der Waals surface area contributed by atoms with Crippen molar-refractivity contribution < 1.29 is 9.53 Å². The number of ether oxygens (including phenoxy) is 1. The molecule has 64 valence electrons. The molecule has 1 aromatic heterocycles. The van der Waals surface area contributed by atoms with E-state index in [-0.39, 0.29) is 5.97 Å². The number of halogens is 1. The number of hydrogen-bond donors (Lipinski definition) is 0. The van der Waals surface area contributed by atoms with Crippen LogP contribution < -0.4 is 0 Å². The highest BCUT2D eigenvalue weighted by Gasteiger charge is 2.09. The predicted molar refractivity (Wildman–Crippen MR) is 53.6 cm³/mol. The molecule has 0 unspecified atom stereocenters. The van der Waals surface area contributed by atoms with Gasteiger partial charge in [-0.25, -0.2) is 4.79 Å². The zero-order chi connectivity index (χ0) is 8.97. The van der Waals surface area contributed by atoms with Crippen molar-refractivity contribution in [3.05, 3.63) is 26.9 Å². The molecule has 1 rings (SSSR count). The summed E-state index contributed by atoms with van der Waals surface area (Å²) in [4.78, 5) is 13.7.